The number of halogens is 3. The molecule has 0 fully saturated rings. The Bertz CT molecular complexity index is 323. The maximum absolute atomic E-state index is 11.8. The van der Waals surface area contributed by atoms with Gasteiger partial charge in [-0.15, -0.1) is 13.2 Å². The van der Waals surface area contributed by atoms with E-state index in [1.807, 2.05) is 13.8 Å². The Hall–Kier alpha value is -1.10. The Balaban J connectivity index is 2.66. The fraction of sp³-hybridized carbons (Fsp3) is 0.500. The summed E-state index contributed by atoms with van der Waals surface area (Å²) in [6.07, 6.45) is -3.11. The zero-order chi connectivity index (χ0) is 11.5. The van der Waals surface area contributed by atoms with Crippen molar-refractivity contribution in [1.29, 1.82) is 0 Å². The van der Waals surface area contributed by atoms with E-state index in [0.717, 1.165) is 5.56 Å². The number of nitrogens with zero attached hydrogens (tertiary/aromatic N) is 1. The van der Waals surface area contributed by atoms with Crippen LogP contribution in [0.2, 0.25) is 0 Å². The summed E-state index contributed by atoms with van der Waals surface area (Å²) in [4.78, 5) is 3.80. The zero-order valence-corrected chi connectivity index (χ0v) is 8.51. The molecule has 1 heterocycles. The molecule has 1 rings (SSSR count). The molecule has 0 aliphatic rings. The van der Waals surface area contributed by atoms with Gasteiger partial charge in [0.1, 0.15) is 0 Å². The Labute approximate surface area is 86.1 Å². The highest BCUT2D eigenvalue weighted by molar-refractivity contribution is 5.19. The molecule has 5 heteroatoms. The lowest BCUT2D eigenvalue weighted by Gasteiger charge is -2.09. The lowest BCUT2D eigenvalue weighted by molar-refractivity contribution is -0.330. The van der Waals surface area contributed by atoms with Crippen molar-refractivity contribution in [2.75, 3.05) is 0 Å². The predicted molar refractivity (Wildman–Crippen MR) is 49.2 cm³/mol. The lowest BCUT2D eigenvalue weighted by Crippen LogP contribution is -2.13. The third-order valence-corrected chi connectivity index (χ3v) is 1.89. The molecule has 15 heavy (non-hydrogen) atoms. The van der Waals surface area contributed by atoms with Crippen LogP contribution in [-0.4, -0.2) is 11.3 Å². The van der Waals surface area contributed by atoms with Crippen LogP contribution in [0.15, 0.2) is 18.3 Å². The third-order valence-electron chi connectivity index (χ3n) is 1.89. The van der Waals surface area contributed by atoms with Crippen LogP contribution in [-0.2, 0) is 11.3 Å². The van der Waals surface area contributed by atoms with Crippen LogP contribution in [0.1, 0.15) is 31.0 Å². The number of aromatic nitrogens is 1. The van der Waals surface area contributed by atoms with Gasteiger partial charge in [-0.1, -0.05) is 13.8 Å². The van der Waals surface area contributed by atoms with Crippen LogP contribution in [0.4, 0.5) is 13.2 Å². The molecule has 0 saturated carbocycles. The molecular formula is C10H12F3NO. The number of ether oxygens (including phenoxy) is 1. The van der Waals surface area contributed by atoms with E-state index in [1.165, 1.54) is 6.20 Å². The van der Waals surface area contributed by atoms with Gasteiger partial charge in [-0.05, 0) is 23.6 Å². The average molecular weight is 219 g/mol. The molecule has 0 bridgehead atoms. The van der Waals surface area contributed by atoms with Gasteiger partial charge in [0, 0.05) is 6.20 Å². The highest BCUT2D eigenvalue weighted by Gasteiger charge is 2.29. The molecule has 0 atom stereocenters. The number of rotatable bonds is 3. The summed E-state index contributed by atoms with van der Waals surface area (Å²) in [7, 11) is 0. The molecule has 1 aromatic rings. The molecule has 0 N–H and O–H groups in total. The predicted octanol–water partition coefficient (Wildman–Crippen LogP) is 3.24. The molecule has 0 aliphatic carbocycles. The quantitative estimate of drug-likeness (QED) is 0.778. The largest absolute Gasteiger partial charge is 0.522 e. The van der Waals surface area contributed by atoms with Gasteiger partial charge in [0.2, 0.25) is 0 Å². The van der Waals surface area contributed by atoms with Crippen LogP contribution in [0.25, 0.3) is 0 Å². The van der Waals surface area contributed by atoms with Crippen LogP contribution in [0.3, 0.4) is 0 Å². The second kappa shape index (κ2) is 4.61. The van der Waals surface area contributed by atoms with Crippen LogP contribution < -0.4 is 0 Å². The Kier molecular flexibility index (Phi) is 3.68. The van der Waals surface area contributed by atoms with Gasteiger partial charge in [-0.3, -0.25) is 9.72 Å². The summed E-state index contributed by atoms with van der Waals surface area (Å²) in [5.41, 5.74) is 1.24. The van der Waals surface area contributed by atoms with E-state index in [-0.39, 0.29) is 5.92 Å². The summed E-state index contributed by atoms with van der Waals surface area (Å²) in [6.45, 7) is 3.39. The lowest BCUT2D eigenvalue weighted by atomic mass is 10.0. The van der Waals surface area contributed by atoms with Gasteiger partial charge in [0.15, 0.2) is 0 Å². The number of hydrogen-bond donors (Lipinski definition) is 0. The topological polar surface area (TPSA) is 22.1 Å². The van der Waals surface area contributed by atoms with E-state index in [2.05, 4.69) is 9.72 Å². The van der Waals surface area contributed by atoms with Gasteiger partial charge in [-0.25, -0.2) is 0 Å². The highest BCUT2D eigenvalue weighted by atomic mass is 19.4. The minimum absolute atomic E-state index is 0.262. The van der Waals surface area contributed by atoms with Crippen molar-refractivity contribution < 1.29 is 17.9 Å². The third kappa shape index (κ3) is 4.29. The molecule has 0 amide bonds. The summed E-state index contributed by atoms with van der Waals surface area (Å²) < 4.78 is 38.9. The van der Waals surface area contributed by atoms with Crippen molar-refractivity contribution >= 4 is 0 Å². The summed E-state index contributed by atoms with van der Waals surface area (Å²) in [5, 5.41) is 0. The summed E-state index contributed by atoms with van der Waals surface area (Å²) in [6, 6.07) is 3.40. The molecule has 0 aliphatic heterocycles. The van der Waals surface area contributed by atoms with E-state index in [9.17, 15) is 13.2 Å². The van der Waals surface area contributed by atoms with Gasteiger partial charge in [0.25, 0.3) is 0 Å². The Morgan fingerprint density at radius 1 is 1.40 bits per heavy atom. The summed E-state index contributed by atoms with van der Waals surface area (Å²) >= 11 is 0. The molecule has 0 saturated heterocycles. The molecule has 2 nitrogen and oxygen atoms in total. The maximum atomic E-state index is 11.8. The average Bonchev–Trinajstić information content (AvgIpc) is 2.14. The summed E-state index contributed by atoms with van der Waals surface area (Å²) in [5.74, 6) is 0.262. The minimum atomic E-state index is -4.60. The normalized spacial score (nSPS) is 12.1. The SMILES string of the molecule is CC(C)c1ccnc(COC(F)(F)F)c1. The molecule has 0 aromatic carbocycles. The van der Waals surface area contributed by atoms with Crippen molar-refractivity contribution in [3.63, 3.8) is 0 Å². The fourth-order valence-electron chi connectivity index (χ4n) is 1.09. The Morgan fingerprint density at radius 2 is 2.07 bits per heavy atom. The maximum Gasteiger partial charge on any atom is 0.522 e. The number of hydrogen-bond acceptors (Lipinski definition) is 2. The first kappa shape index (κ1) is 12.0. The van der Waals surface area contributed by atoms with Crippen molar-refractivity contribution in [2.24, 2.45) is 0 Å². The number of pyridine rings is 1. The molecule has 0 spiro atoms. The number of alkyl halides is 3. The van der Waals surface area contributed by atoms with E-state index >= 15 is 0 Å². The van der Waals surface area contributed by atoms with Crippen molar-refractivity contribution in [3.8, 4) is 0 Å². The van der Waals surface area contributed by atoms with Crippen molar-refractivity contribution in [3.05, 3.63) is 29.6 Å². The van der Waals surface area contributed by atoms with Crippen molar-refractivity contribution in [2.45, 2.75) is 32.7 Å². The molecule has 0 unspecified atom stereocenters. The van der Waals surface area contributed by atoms with Crippen LogP contribution in [0, 0.1) is 0 Å². The standard InChI is InChI=1S/C10H12F3NO/c1-7(2)8-3-4-14-9(5-8)6-15-10(11,12)13/h3-5,7H,6H2,1-2H3. The van der Waals surface area contributed by atoms with Crippen molar-refractivity contribution in [1.82, 2.24) is 4.98 Å². The highest BCUT2D eigenvalue weighted by Crippen LogP contribution is 2.19. The van der Waals surface area contributed by atoms with Gasteiger partial charge < -0.3 is 0 Å². The smallest absolute Gasteiger partial charge is 0.285 e. The second-order valence-corrected chi connectivity index (χ2v) is 3.47. The van der Waals surface area contributed by atoms with Gasteiger partial charge in [0.05, 0.1) is 12.3 Å². The molecular weight excluding hydrogens is 207 g/mol. The first-order chi connectivity index (χ1) is 6.88. The first-order valence-corrected chi connectivity index (χ1v) is 4.54. The van der Waals surface area contributed by atoms with Crippen LogP contribution in [0.5, 0.6) is 0 Å². The molecule has 0 radical (unpaired) electrons. The Morgan fingerprint density at radius 3 is 2.60 bits per heavy atom. The monoisotopic (exact) mass is 219 g/mol. The zero-order valence-electron chi connectivity index (χ0n) is 8.51. The molecule has 84 valence electrons. The minimum Gasteiger partial charge on any atom is -0.285 e. The van der Waals surface area contributed by atoms with Gasteiger partial charge in [-0.2, -0.15) is 0 Å². The van der Waals surface area contributed by atoms with Crippen LogP contribution >= 0.6 is 0 Å². The fourth-order valence-corrected chi connectivity index (χ4v) is 1.09. The van der Waals surface area contributed by atoms with E-state index in [1.54, 1.807) is 12.1 Å². The van der Waals surface area contributed by atoms with E-state index in [4.69, 9.17) is 0 Å². The van der Waals surface area contributed by atoms with E-state index < -0.39 is 13.0 Å². The van der Waals surface area contributed by atoms with Gasteiger partial charge >= 0.3 is 6.36 Å². The van der Waals surface area contributed by atoms with E-state index in [0.29, 0.717) is 5.69 Å². The molecule has 1 aromatic heterocycles. The first-order valence-electron chi connectivity index (χ1n) is 4.54. The second-order valence-electron chi connectivity index (χ2n) is 3.47.